The number of hydrogen-bond donors (Lipinski definition) is 2. The van der Waals surface area contributed by atoms with Crippen molar-refractivity contribution in [3.05, 3.63) is 46.5 Å². The molecule has 3 rings (SSSR count). The number of hydrogen-bond acceptors (Lipinski definition) is 7. The lowest BCUT2D eigenvalue weighted by Crippen LogP contribution is -2.29. The Morgan fingerprint density at radius 3 is 2.93 bits per heavy atom. The molecule has 1 aliphatic rings. The van der Waals surface area contributed by atoms with Crippen molar-refractivity contribution in [1.29, 1.82) is 0 Å². The van der Waals surface area contributed by atoms with Gasteiger partial charge in [-0.05, 0) is 30.5 Å². The molecule has 2 atom stereocenters. The van der Waals surface area contributed by atoms with Crippen LogP contribution in [0.25, 0.3) is 0 Å². The SMILES string of the molecule is COC(=O)c1cccc(Cc2cnc(NC(=O)[C@@H]3CC[C@H](CN)O3)s2)c1.Cl. The van der Waals surface area contributed by atoms with E-state index in [9.17, 15) is 9.59 Å². The van der Waals surface area contributed by atoms with Crippen LogP contribution in [0.2, 0.25) is 0 Å². The van der Waals surface area contributed by atoms with Crippen molar-refractivity contribution in [2.24, 2.45) is 5.73 Å². The Morgan fingerprint density at radius 1 is 1.41 bits per heavy atom. The summed E-state index contributed by atoms with van der Waals surface area (Å²) in [5.74, 6) is -0.550. The highest BCUT2D eigenvalue weighted by atomic mass is 35.5. The molecule has 0 spiro atoms. The molecule has 0 radical (unpaired) electrons. The van der Waals surface area contributed by atoms with Crippen molar-refractivity contribution < 1.29 is 19.1 Å². The van der Waals surface area contributed by atoms with Crippen LogP contribution < -0.4 is 11.1 Å². The van der Waals surface area contributed by atoms with E-state index in [1.807, 2.05) is 12.1 Å². The van der Waals surface area contributed by atoms with Crippen molar-refractivity contribution >= 4 is 40.8 Å². The minimum atomic E-state index is -0.465. The summed E-state index contributed by atoms with van der Waals surface area (Å²) in [5, 5.41) is 3.34. The third-order valence-corrected chi connectivity index (χ3v) is 5.09. The molecule has 2 heterocycles. The van der Waals surface area contributed by atoms with Crippen LogP contribution in [-0.4, -0.2) is 42.7 Å². The van der Waals surface area contributed by atoms with E-state index in [1.54, 1.807) is 18.3 Å². The number of halogens is 1. The first-order valence-electron chi connectivity index (χ1n) is 8.37. The molecule has 146 valence electrons. The molecule has 1 aromatic carbocycles. The first kappa shape index (κ1) is 21.3. The lowest BCUT2D eigenvalue weighted by Gasteiger charge is -2.11. The minimum Gasteiger partial charge on any atom is -0.465 e. The number of nitrogens with two attached hydrogens (primary N) is 1. The van der Waals surface area contributed by atoms with Crippen LogP contribution >= 0.6 is 23.7 Å². The average molecular weight is 412 g/mol. The monoisotopic (exact) mass is 411 g/mol. The van der Waals surface area contributed by atoms with Gasteiger partial charge in [-0.2, -0.15) is 0 Å². The Balaban J connectivity index is 0.00000261. The molecule has 2 aromatic rings. The van der Waals surface area contributed by atoms with Crippen molar-refractivity contribution in [3.8, 4) is 0 Å². The Labute approximate surface area is 167 Å². The average Bonchev–Trinajstić information content (AvgIpc) is 3.30. The molecular formula is C18H22ClN3O4S. The van der Waals surface area contributed by atoms with Crippen LogP contribution in [0.3, 0.4) is 0 Å². The van der Waals surface area contributed by atoms with Crippen LogP contribution in [0.4, 0.5) is 5.13 Å². The van der Waals surface area contributed by atoms with Crippen LogP contribution in [0.1, 0.15) is 33.6 Å². The number of thiazole rings is 1. The lowest BCUT2D eigenvalue weighted by atomic mass is 10.1. The first-order valence-corrected chi connectivity index (χ1v) is 9.19. The fourth-order valence-electron chi connectivity index (χ4n) is 2.83. The molecule has 1 fully saturated rings. The largest absolute Gasteiger partial charge is 0.465 e. The maximum Gasteiger partial charge on any atom is 0.337 e. The summed E-state index contributed by atoms with van der Waals surface area (Å²) in [5.41, 5.74) is 7.05. The molecule has 27 heavy (non-hydrogen) atoms. The highest BCUT2D eigenvalue weighted by Crippen LogP contribution is 2.24. The van der Waals surface area contributed by atoms with Gasteiger partial charge in [-0.3, -0.25) is 10.1 Å². The van der Waals surface area contributed by atoms with E-state index in [4.69, 9.17) is 15.2 Å². The summed E-state index contributed by atoms with van der Waals surface area (Å²) in [4.78, 5) is 29.1. The number of methoxy groups -OCH3 is 1. The Kier molecular flexibility index (Phi) is 7.73. The number of aromatic nitrogens is 1. The fraction of sp³-hybridized carbons (Fsp3) is 0.389. The molecule has 7 nitrogen and oxygen atoms in total. The van der Waals surface area contributed by atoms with E-state index in [-0.39, 0.29) is 30.4 Å². The maximum atomic E-state index is 12.2. The minimum absolute atomic E-state index is 0. The van der Waals surface area contributed by atoms with Crippen molar-refractivity contribution in [3.63, 3.8) is 0 Å². The molecule has 0 saturated carbocycles. The van der Waals surface area contributed by atoms with Gasteiger partial charge < -0.3 is 15.2 Å². The maximum absolute atomic E-state index is 12.2. The second kappa shape index (κ2) is 9.80. The zero-order valence-electron chi connectivity index (χ0n) is 14.8. The van der Waals surface area contributed by atoms with Crippen molar-refractivity contribution in [2.45, 2.75) is 31.5 Å². The zero-order chi connectivity index (χ0) is 18.5. The van der Waals surface area contributed by atoms with Crippen LogP contribution in [0.5, 0.6) is 0 Å². The number of carbonyl (C=O) groups excluding carboxylic acids is 2. The molecule has 0 bridgehead atoms. The molecule has 1 aliphatic heterocycles. The molecule has 0 aliphatic carbocycles. The normalized spacial score (nSPS) is 18.6. The number of amides is 1. The van der Waals surface area contributed by atoms with E-state index in [0.29, 0.717) is 30.1 Å². The van der Waals surface area contributed by atoms with E-state index in [0.717, 1.165) is 16.9 Å². The summed E-state index contributed by atoms with van der Waals surface area (Å²) in [6.07, 6.45) is 3.31. The number of nitrogens with one attached hydrogen (secondary N) is 1. The summed E-state index contributed by atoms with van der Waals surface area (Å²) in [7, 11) is 1.36. The first-order chi connectivity index (χ1) is 12.6. The van der Waals surface area contributed by atoms with E-state index in [2.05, 4.69) is 10.3 Å². The fourth-order valence-corrected chi connectivity index (χ4v) is 3.68. The summed E-state index contributed by atoms with van der Waals surface area (Å²) < 4.78 is 10.3. The third kappa shape index (κ3) is 5.49. The smallest absolute Gasteiger partial charge is 0.337 e. The molecule has 1 saturated heterocycles. The number of benzene rings is 1. The van der Waals surface area contributed by atoms with Gasteiger partial charge in [0.2, 0.25) is 0 Å². The highest BCUT2D eigenvalue weighted by molar-refractivity contribution is 7.15. The number of rotatable bonds is 6. The van der Waals surface area contributed by atoms with Gasteiger partial charge in [0.15, 0.2) is 5.13 Å². The Morgan fingerprint density at radius 2 is 2.22 bits per heavy atom. The van der Waals surface area contributed by atoms with Gasteiger partial charge in [0.1, 0.15) is 6.10 Å². The topological polar surface area (TPSA) is 104 Å². The number of anilines is 1. The quantitative estimate of drug-likeness (QED) is 0.707. The molecular weight excluding hydrogens is 390 g/mol. The predicted molar refractivity (Wildman–Crippen MR) is 106 cm³/mol. The van der Waals surface area contributed by atoms with Gasteiger partial charge in [-0.25, -0.2) is 9.78 Å². The van der Waals surface area contributed by atoms with Crippen LogP contribution in [0.15, 0.2) is 30.5 Å². The Hall–Kier alpha value is -2.00. The van der Waals surface area contributed by atoms with Crippen molar-refractivity contribution in [2.75, 3.05) is 19.0 Å². The second-order valence-corrected chi connectivity index (χ2v) is 7.16. The van der Waals surface area contributed by atoms with Crippen LogP contribution in [-0.2, 0) is 20.7 Å². The van der Waals surface area contributed by atoms with E-state index >= 15 is 0 Å². The molecule has 9 heteroatoms. The molecule has 1 amide bonds. The predicted octanol–water partition coefficient (Wildman–Crippen LogP) is 2.39. The lowest BCUT2D eigenvalue weighted by molar-refractivity contribution is -0.126. The standard InChI is InChI=1S/C18H21N3O4S.ClH/c1-24-17(23)12-4-2-3-11(7-12)8-14-10-20-18(26-14)21-16(22)15-6-5-13(9-19)25-15;/h2-4,7,10,13,15H,5-6,8-9,19H2,1H3,(H,20,21,22);1H/t13-,15+;/m1./s1. The van der Waals surface area contributed by atoms with Gasteiger partial charge in [0.25, 0.3) is 5.91 Å². The molecule has 0 unspecified atom stereocenters. The number of ether oxygens (including phenoxy) is 2. The van der Waals surface area contributed by atoms with E-state index < -0.39 is 6.10 Å². The molecule has 1 aromatic heterocycles. The van der Waals surface area contributed by atoms with E-state index in [1.165, 1.54) is 18.4 Å². The number of esters is 1. The van der Waals surface area contributed by atoms with Gasteiger partial charge in [-0.15, -0.1) is 23.7 Å². The summed E-state index contributed by atoms with van der Waals surface area (Å²) in [6.45, 7) is 0.426. The number of nitrogens with zero attached hydrogens (tertiary/aromatic N) is 1. The van der Waals surface area contributed by atoms with Gasteiger partial charge >= 0.3 is 5.97 Å². The highest BCUT2D eigenvalue weighted by Gasteiger charge is 2.30. The third-order valence-electron chi connectivity index (χ3n) is 4.17. The van der Waals surface area contributed by atoms with Gasteiger partial charge in [0.05, 0.1) is 18.8 Å². The van der Waals surface area contributed by atoms with Gasteiger partial charge in [0, 0.05) is 24.0 Å². The number of carbonyl (C=O) groups is 2. The Bertz CT molecular complexity index is 798. The second-order valence-electron chi connectivity index (χ2n) is 6.05. The van der Waals surface area contributed by atoms with Gasteiger partial charge in [-0.1, -0.05) is 12.1 Å². The zero-order valence-corrected chi connectivity index (χ0v) is 16.5. The van der Waals surface area contributed by atoms with Crippen molar-refractivity contribution in [1.82, 2.24) is 4.98 Å². The van der Waals surface area contributed by atoms with Crippen LogP contribution in [0, 0.1) is 0 Å². The summed E-state index contributed by atoms with van der Waals surface area (Å²) in [6, 6.07) is 7.26. The summed E-state index contributed by atoms with van der Waals surface area (Å²) >= 11 is 1.40. The molecule has 3 N–H and O–H groups in total.